The molecule has 2 heteroatoms. The van der Waals surface area contributed by atoms with E-state index in [9.17, 15) is 0 Å². The molecule has 0 aliphatic heterocycles. The lowest BCUT2D eigenvalue weighted by Gasteiger charge is -2.42. The van der Waals surface area contributed by atoms with Crippen molar-refractivity contribution in [1.29, 1.82) is 0 Å². The van der Waals surface area contributed by atoms with Crippen LogP contribution in [0.1, 0.15) is 11.1 Å². The maximum Gasteiger partial charge on any atom is 0.0541 e. The highest BCUT2D eigenvalue weighted by Gasteiger charge is 2.40. The lowest BCUT2D eigenvalue weighted by Crippen LogP contribution is -2.30. The maximum atomic E-state index is 2.44. The van der Waals surface area contributed by atoms with Gasteiger partial charge in [-0.1, -0.05) is 243 Å². The second-order valence-corrected chi connectivity index (χ2v) is 21.1. The van der Waals surface area contributed by atoms with Crippen LogP contribution in [0.3, 0.4) is 0 Å². The van der Waals surface area contributed by atoms with Gasteiger partial charge in [0.15, 0.2) is 0 Å². The molecular formula is C76H50N2. The molecule has 2 heterocycles. The number of aromatic nitrogens is 2. The highest BCUT2D eigenvalue weighted by atomic mass is 15.0. The fourth-order valence-corrected chi connectivity index (χ4v) is 13.4. The number of benzene rings is 10. The van der Waals surface area contributed by atoms with Crippen molar-refractivity contribution < 1.29 is 0 Å². The molecule has 0 spiro atoms. The van der Waals surface area contributed by atoms with Crippen molar-refractivity contribution in [3.8, 4) is 55.9 Å². The van der Waals surface area contributed by atoms with E-state index in [0.29, 0.717) is 0 Å². The van der Waals surface area contributed by atoms with Crippen molar-refractivity contribution in [2.45, 2.75) is 0 Å². The van der Waals surface area contributed by atoms with Crippen molar-refractivity contribution in [1.82, 2.24) is 9.13 Å². The largest absolute Gasteiger partial charge is 0.309 e. The average Bonchev–Trinajstić information content (AvgIpc) is 4.16. The van der Waals surface area contributed by atoms with Crippen LogP contribution in [0.25, 0.3) is 111 Å². The molecule has 0 amide bonds. The number of hydrogen-bond donors (Lipinski definition) is 0. The van der Waals surface area contributed by atoms with Crippen LogP contribution >= 0.6 is 0 Å². The Kier molecular flexibility index (Phi) is 10.1. The Morgan fingerprint density at radius 3 is 1.28 bits per heavy atom. The minimum Gasteiger partial charge on any atom is -0.309 e. The summed E-state index contributed by atoms with van der Waals surface area (Å²) in [6.07, 6.45) is 18.9. The Labute approximate surface area is 453 Å². The summed E-state index contributed by atoms with van der Waals surface area (Å²) in [5.74, 6) is 0.508. The van der Waals surface area contributed by atoms with E-state index in [-0.39, 0.29) is 11.8 Å². The molecule has 0 saturated carbocycles. The minimum atomic E-state index is 0.254. The molecule has 0 bridgehead atoms. The Hall–Kier alpha value is -10.0. The molecule has 2 nitrogen and oxygen atoms in total. The predicted molar refractivity (Wildman–Crippen MR) is 328 cm³/mol. The van der Waals surface area contributed by atoms with Gasteiger partial charge in [-0.2, -0.15) is 0 Å². The standard InChI is InChI=1S/C76H50N2/c1-3-15-51(16-4-1)61-19-7-11-23-69(61)77-71-25-13-9-21-63(71)67-47-57(39-45-73(67)77)49-27-31-53(32-28-49)59-41-35-55-38-44-66-60(42-36-56-37-43-65(59)75(55)76(56)66)54-33-29-50(30-34-54)58-40-46-74-68(48-58)64-22-10-14-26-72(64)78(74)70-24-12-8-20-62(70)52-17-5-2-6-18-52/h1-48,75-76H. The fourth-order valence-electron chi connectivity index (χ4n) is 13.4. The van der Waals surface area contributed by atoms with Crippen LogP contribution in [0, 0.1) is 11.8 Å². The van der Waals surface area contributed by atoms with Gasteiger partial charge in [0.05, 0.1) is 33.4 Å². The molecule has 2 aromatic heterocycles. The molecule has 78 heavy (non-hydrogen) atoms. The molecule has 364 valence electrons. The summed E-state index contributed by atoms with van der Waals surface area (Å²) >= 11 is 0. The van der Waals surface area contributed by atoms with Gasteiger partial charge in [0.2, 0.25) is 0 Å². The normalized spacial score (nSPS) is 16.4. The van der Waals surface area contributed by atoms with E-state index < -0.39 is 0 Å². The van der Waals surface area contributed by atoms with Crippen LogP contribution in [0.2, 0.25) is 0 Å². The van der Waals surface area contributed by atoms with Crippen LogP contribution in [-0.4, -0.2) is 9.13 Å². The zero-order valence-corrected chi connectivity index (χ0v) is 42.8. The molecular weight excluding hydrogens is 941 g/mol. The van der Waals surface area contributed by atoms with Crippen molar-refractivity contribution in [2.24, 2.45) is 11.8 Å². The van der Waals surface area contributed by atoms with Gasteiger partial charge in [0, 0.05) is 44.5 Å². The third kappa shape index (κ3) is 6.97. The summed E-state index contributed by atoms with van der Waals surface area (Å²) in [4.78, 5) is 0. The van der Waals surface area contributed by atoms with Crippen molar-refractivity contribution in [2.75, 3.05) is 0 Å². The van der Waals surface area contributed by atoms with E-state index in [4.69, 9.17) is 0 Å². The third-order valence-electron chi connectivity index (χ3n) is 17.0. The third-order valence-corrected chi connectivity index (χ3v) is 17.0. The molecule has 2 unspecified atom stereocenters. The quantitative estimate of drug-likeness (QED) is 0.144. The SMILES string of the molecule is C1=CC2=C(c3ccc(-c4ccc5c(c4)c4ccccc4n5-c4ccccc4-c4ccccc4)cc3)C=CC3=CC=C4C(c5ccc(-c6ccc7c(c6)c6ccccc6n7-c6ccccc6-c6ccccc6)cc5)=CC=C1C4C32. The molecule has 4 aliphatic rings. The number of nitrogens with zero attached hydrogens (tertiary/aromatic N) is 2. The summed E-state index contributed by atoms with van der Waals surface area (Å²) in [7, 11) is 0. The first-order valence-electron chi connectivity index (χ1n) is 27.2. The van der Waals surface area contributed by atoms with E-state index in [2.05, 4.69) is 300 Å². The summed E-state index contributed by atoms with van der Waals surface area (Å²) < 4.78 is 4.87. The number of fused-ring (bicyclic) bond motifs is 6. The lowest BCUT2D eigenvalue weighted by molar-refractivity contribution is 0.569. The number of para-hydroxylation sites is 4. The first-order chi connectivity index (χ1) is 38.7. The summed E-state index contributed by atoms with van der Waals surface area (Å²) in [5, 5.41) is 5.01. The minimum absolute atomic E-state index is 0.254. The Morgan fingerprint density at radius 2 is 0.705 bits per heavy atom. The number of rotatable bonds is 8. The lowest BCUT2D eigenvalue weighted by atomic mass is 9.61. The van der Waals surface area contributed by atoms with Gasteiger partial charge in [-0.25, -0.2) is 0 Å². The van der Waals surface area contributed by atoms with E-state index in [0.717, 1.165) is 0 Å². The second-order valence-electron chi connectivity index (χ2n) is 21.1. The van der Waals surface area contributed by atoms with Crippen molar-refractivity contribution in [3.63, 3.8) is 0 Å². The Morgan fingerprint density at radius 1 is 0.269 bits per heavy atom. The van der Waals surface area contributed by atoms with Gasteiger partial charge >= 0.3 is 0 Å². The van der Waals surface area contributed by atoms with Gasteiger partial charge in [0.1, 0.15) is 0 Å². The molecule has 0 N–H and O–H groups in total. The molecule has 0 radical (unpaired) electrons. The summed E-state index contributed by atoms with van der Waals surface area (Å²) in [6.45, 7) is 0. The van der Waals surface area contributed by atoms with E-state index in [1.165, 1.54) is 144 Å². The van der Waals surface area contributed by atoms with E-state index >= 15 is 0 Å². The number of allylic oxidation sites excluding steroid dienone is 14. The second kappa shape index (κ2) is 17.8. The van der Waals surface area contributed by atoms with Crippen molar-refractivity contribution >= 4 is 54.8 Å². The molecule has 4 aliphatic carbocycles. The molecule has 2 atom stereocenters. The van der Waals surface area contributed by atoms with Crippen LogP contribution in [0.15, 0.2) is 314 Å². The first kappa shape index (κ1) is 44.3. The Bertz CT molecular complexity index is 4680. The topological polar surface area (TPSA) is 9.86 Å². The monoisotopic (exact) mass is 990 g/mol. The van der Waals surface area contributed by atoms with Gasteiger partial charge in [-0.05, 0) is 126 Å². The molecule has 16 rings (SSSR count). The van der Waals surface area contributed by atoms with Crippen LogP contribution in [0.5, 0.6) is 0 Å². The molecule has 10 aromatic carbocycles. The highest BCUT2D eigenvalue weighted by Crippen LogP contribution is 2.54. The smallest absolute Gasteiger partial charge is 0.0541 e. The van der Waals surface area contributed by atoms with Crippen LogP contribution in [-0.2, 0) is 0 Å². The van der Waals surface area contributed by atoms with E-state index in [1.54, 1.807) is 0 Å². The fraction of sp³-hybridized carbons (Fsp3) is 0.0263. The summed E-state index contributed by atoms with van der Waals surface area (Å²) in [5.41, 5.74) is 27.5. The highest BCUT2D eigenvalue weighted by molar-refractivity contribution is 6.12. The van der Waals surface area contributed by atoms with Gasteiger partial charge in [-0.3, -0.25) is 0 Å². The zero-order valence-electron chi connectivity index (χ0n) is 42.8. The molecule has 0 saturated heterocycles. The zero-order chi connectivity index (χ0) is 51.3. The first-order valence-corrected chi connectivity index (χ1v) is 27.2. The van der Waals surface area contributed by atoms with Crippen LogP contribution in [0.4, 0.5) is 0 Å². The van der Waals surface area contributed by atoms with Gasteiger partial charge in [-0.15, -0.1) is 0 Å². The Balaban J connectivity index is 0.693. The van der Waals surface area contributed by atoms with Gasteiger partial charge in [0.25, 0.3) is 0 Å². The van der Waals surface area contributed by atoms with E-state index in [1.807, 2.05) is 0 Å². The van der Waals surface area contributed by atoms with Crippen LogP contribution < -0.4 is 0 Å². The summed E-state index contributed by atoms with van der Waals surface area (Å²) in [6, 6.07) is 89.1. The molecule has 12 aromatic rings. The van der Waals surface area contributed by atoms with Crippen molar-refractivity contribution in [3.05, 3.63) is 325 Å². The molecule has 0 fully saturated rings. The average molecular weight is 991 g/mol. The predicted octanol–water partition coefficient (Wildman–Crippen LogP) is 19.6. The number of hydrogen-bond acceptors (Lipinski definition) is 0. The van der Waals surface area contributed by atoms with Gasteiger partial charge < -0.3 is 9.13 Å². The maximum absolute atomic E-state index is 2.44.